The van der Waals surface area contributed by atoms with E-state index in [1.165, 1.54) is 0 Å². The number of aliphatic hydroxyl groups is 2. The lowest BCUT2D eigenvalue weighted by Crippen LogP contribution is -2.50. The quantitative estimate of drug-likeness (QED) is 0.551. The SMILES string of the molecule is C/C=C(/C)C(=O)OC[C@]1(O)CCN2CC[C@@H](O)[C@H]21. The number of hydrogen-bond donors (Lipinski definition) is 2. The van der Waals surface area contributed by atoms with Crippen molar-refractivity contribution in [3.8, 4) is 0 Å². The maximum Gasteiger partial charge on any atom is 0.333 e. The molecule has 3 atom stereocenters. The minimum atomic E-state index is -1.11. The summed E-state index contributed by atoms with van der Waals surface area (Å²) in [6, 6.07) is -0.295. The molecule has 2 aliphatic heterocycles. The fourth-order valence-corrected chi connectivity index (χ4v) is 2.85. The molecule has 5 nitrogen and oxygen atoms in total. The van der Waals surface area contributed by atoms with Crippen LogP contribution in [0.2, 0.25) is 0 Å². The number of allylic oxidation sites excluding steroid dienone is 1. The second-order valence-corrected chi connectivity index (χ2v) is 5.24. The summed E-state index contributed by atoms with van der Waals surface area (Å²) in [5.41, 5.74) is -0.583. The Balaban J connectivity index is 1.98. The van der Waals surface area contributed by atoms with Crippen molar-refractivity contribution in [2.24, 2.45) is 0 Å². The van der Waals surface area contributed by atoms with Crippen LogP contribution in [-0.4, -0.2) is 58.5 Å². The number of carbonyl (C=O) groups is 1. The van der Waals surface area contributed by atoms with Crippen LogP contribution in [0.4, 0.5) is 0 Å². The van der Waals surface area contributed by atoms with E-state index in [-0.39, 0.29) is 12.6 Å². The highest BCUT2D eigenvalue weighted by atomic mass is 16.5. The normalized spacial score (nSPS) is 36.8. The summed E-state index contributed by atoms with van der Waals surface area (Å²) in [4.78, 5) is 13.6. The van der Waals surface area contributed by atoms with Gasteiger partial charge >= 0.3 is 5.97 Å². The topological polar surface area (TPSA) is 70.0 Å². The van der Waals surface area contributed by atoms with Crippen LogP contribution in [0.25, 0.3) is 0 Å². The van der Waals surface area contributed by atoms with Crippen LogP contribution < -0.4 is 0 Å². The predicted octanol–water partition coefficient (Wildman–Crippen LogP) is 0.0658. The number of nitrogens with zero attached hydrogens (tertiary/aromatic N) is 1. The second-order valence-electron chi connectivity index (χ2n) is 5.24. The van der Waals surface area contributed by atoms with E-state index in [9.17, 15) is 15.0 Å². The highest BCUT2D eigenvalue weighted by Gasteiger charge is 2.53. The third kappa shape index (κ3) is 2.30. The number of ether oxygens (including phenoxy) is 1. The van der Waals surface area contributed by atoms with Gasteiger partial charge in [-0.1, -0.05) is 6.08 Å². The molecule has 0 bridgehead atoms. The summed E-state index contributed by atoms with van der Waals surface area (Å²) >= 11 is 0. The minimum absolute atomic E-state index is 0.0464. The van der Waals surface area contributed by atoms with E-state index >= 15 is 0 Å². The van der Waals surface area contributed by atoms with Crippen LogP contribution in [0.15, 0.2) is 11.6 Å². The van der Waals surface area contributed by atoms with E-state index in [0.717, 1.165) is 13.1 Å². The van der Waals surface area contributed by atoms with Gasteiger partial charge in [-0.3, -0.25) is 4.90 Å². The van der Waals surface area contributed by atoms with Gasteiger partial charge in [0.05, 0.1) is 12.1 Å². The molecule has 0 aromatic rings. The summed E-state index contributed by atoms with van der Waals surface area (Å²) in [6.45, 7) is 4.95. The first kappa shape index (κ1) is 13.5. The van der Waals surface area contributed by atoms with Gasteiger partial charge in [0, 0.05) is 18.7 Å². The van der Waals surface area contributed by atoms with Gasteiger partial charge in [0.25, 0.3) is 0 Å². The Morgan fingerprint density at radius 1 is 1.56 bits per heavy atom. The predicted molar refractivity (Wildman–Crippen MR) is 65.9 cm³/mol. The van der Waals surface area contributed by atoms with Crippen molar-refractivity contribution in [3.05, 3.63) is 11.6 Å². The van der Waals surface area contributed by atoms with E-state index < -0.39 is 17.7 Å². The Morgan fingerprint density at radius 2 is 2.28 bits per heavy atom. The average Bonchev–Trinajstić information content (AvgIpc) is 2.89. The third-order valence-electron chi connectivity index (χ3n) is 4.06. The van der Waals surface area contributed by atoms with Gasteiger partial charge in [-0.25, -0.2) is 4.79 Å². The molecule has 2 rings (SSSR count). The van der Waals surface area contributed by atoms with Crippen molar-refractivity contribution in [2.75, 3.05) is 19.7 Å². The average molecular weight is 255 g/mol. The Kier molecular flexibility index (Phi) is 3.75. The molecule has 2 N–H and O–H groups in total. The fraction of sp³-hybridized carbons (Fsp3) is 0.769. The zero-order chi connectivity index (χ0) is 13.3. The number of hydrogen-bond acceptors (Lipinski definition) is 5. The monoisotopic (exact) mass is 255 g/mol. The Morgan fingerprint density at radius 3 is 2.94 bits per heavy atom. The van der Waals surface area contributed by atoms with Crippen LogP contribution >= 0.6 is 0 Å². The van der Waals surface area contributed by atoms with Crippen LogP contribution in [0, 0.1) is 0 Å². The van der Waals surface area contributed by atoms with E-state index in [2.05, 4.69) is 4.90 Å². The molecular formula is C13H21NO4. The number of aliphatic hydroxyl groups excluding tert-OH is 1. The fourth-order valence-electron chi connectivity index (χ4n) is 2.85. The highest BCUT2D eigenvalue weighted by molar-refractivity contribution is 5.87. The van der Waals surface area contributed by atoms with E-state index in [1.807, 2.05) is 0 Å². The van der Waals surface area contributed by atoms with Crippen LogP contribution in [-0.2, 0) is 9.53 Å². The lowest BCUT2D eigenvalue weighted by Gasteiger charge is -2.31. The molecule has 2 aliphatic rings. The highest BCUT2D eigenvalue weighted by Crippen LogP contribution is 2.36. The van der Waals surface area contributed by atoms with Crippen LogP contribution in [0.5, 0.6) is 0 Å². The molecule has 18 heavy (non-hydrogen) atoms. The first-order valence-electron chi connectivity index (χ1n) is 6.42. The molecule has 0 aromatic heterocycles. The Labute approximate surface area is 107 Å². The number of rotatable bonds is 3. The van der Waals surface area contributed by atoms with Gasteiger partial charge in [0.1, 0.15) is 12.2 Å². The number of esters is 1. The second kappa shape index (κ2) is 4.99. The van der Waals surface area contributed by atoms with Crippen molar-refractivity contribution in [2.45, 2.75) is 44.4 Å². The van der Waals surface area contributed by atoms with Crippen molar-refractivity contribution in [3.63, 3.8) is 0 Å². The standard InChI is InChI=1S/C13H21NO4/c1-3-9(2)12(16)18-8-13(17)5-7-14-6-4-10(15)11(13)14/h3,10-11,15,17H,4-8H2,1-2H3/b9-3-/t10-,11+,13-/m1/s1. The summed E-state index contributed by atoms with van der Waals surface area (Å²) in [7, 11) is 0. The van der Waals surface area contributed by atoms with Crippen LogP contribution in [0.3, 0.4) is 0 Å². The molecule has 0 unspecified atom stereocenters. The first-order valence-corrected chi connectivity index (χ1v) is 6.42. The van der Waals surface area contributed by atoms with Crippen LogP contribution in [0.1, 0.15) is 26.7 Å². The molecule has 0 spiro atoms. The van der Waals surface area contributed by atoms with Crippen molar-refractivity contribution in [1.29, 1.82) is 0 Å². The summed E-state index contributed by atoms with van der Waals surface area (Å²) in [6.07, 6.45) is 2.36. The molecule has 2 saturated heterocycles. The van der Waals surface area contributed by atoms with E-state index in [1.54, 1.807) is 19.9 Å². The number of carbonyl (C=O) groups excluding carboxylic acids is 1. The Hall–Kier alpha value is -0.910. The largest absolute Gasteiger partial charge is 0.459 e. The van der Waals surface area contributed by atoms with E-state index in [0.29, 0.717) is 18.4 Å². The summed E-state index contributed by atoms with van der Waals surface area (Å²) in [5.74, 6) is -0.406. The lowest BCUT2D eigenvalue weighted by molar-refractivity contribution is -0.150. The molecule has 0 amide bonds. The Bertz CT molecular complexity index is 368. The smallest absolute Gasteiger partial charge is 0.333 e. The van der Waals surface area contributed by atoms with Gasteiger partial charge in [0.2, 0.25) is 0 Å². The van der Waals surface area contributed by atoms with Gasteiger partial charge in [-0.05, 0) is 26.7 Å². The minimum Gasteiger partial charge on any atom is -0.459 e. The first-order chi connectivity index (χ1) is 8.48. The maximum atomic E-state index is 11.6. The molecular weight excluding hydrogens is 234 g/mol. The maximum absolute atomic E-state index is 11.6. The van der Waals surface area contributed by atoms with Crippen molar-refractivity contribution < 1.29 is 19.7 Å². The number of fused-ring (bicyclic) bond motifs is 1. The van der Waals surface area contributed by atoms with Gasteiger partial charge in [-0.15, -0.1) is 0 Å². The van der Waals surface area contributed by atoms with Crippen molar-refractivity contribution >= 4 is 5.97 Å². The molecule has 0 aliphatic carbocycles. The van der Waals surface area contributed by atoms with E-state index in [4.69, 9.17) is 4.74 Å². The molecule has 102 valence electrons. The zero-order valence-electron chi connectivity index (χ0n) is 10.9. The molecule has 2 heterocycles. The molecule has 0 saturated carbocycles. The van der Waals surface area contributed by atoms with Gasteiger partial charge in [0.15, 0.2) is 0 Å². The molecule has 0 aromatic carbocycles. The molecule has 0 radical (unpaired) electrons. The van der Waals surface area contributed by atoms with Gasteiger partial charge < -0.3 is 14.9 Å². The van der Waals surface area contributed by atoms with Gasteiger partial charge in [-0.2, -0.15) is 0 Å². The summed E-state index contributed by atoms with van der Waals surface area (Å²) < 4.78 is 5.14. The molecule has 2 fully saturated rings. The summed E-state index contributed by atoms with van der Waals surface area (Å²) in [5, 5.41) is 20.4. The molecule has 5 heteroatoms. The third-order valence-corrected chi connectivity index (χ3v) is 4.06. The lowest BCUT2D eigenvalue weighted by atomic mass is 9.92. The zero-order valence-corrected chi connectivity index (χ0v) is 10.9. The van der Waals surface area contributed by atoms with Crippen molar-refractivity contribution in [1.82, 2.24) is 4.90 Å².